The Hall–Kier alpha value is -3.01. The van der Waals surface area contributed by atoms with Crippen LogP contribution in [0.15, 0.2) is 22.2 Å². The molecular weight excluding hydrogens is 381 g/mol. The minimum atomic E-state index is -1.33. The maximum absolute atomic E-state index is 15.0. The van der Waals surface area contributed by atoms with E-state index >= 15 is 4.39 Å². The van der Waals surface area contributed by atoms with Crippen LogP contribution in [0.2, 0.25) is 0 Å². The Morgan fingerprint density at radius 1 is 1.52 bits per heavy atom. The third-order valence-corrected chi connectivity index (χ3v) is 5.74. The van der Waals surface area contributed by atoms with Crippen LogP contribution in [0.3, 0.4) is 0 Å². The number of pyridine rings is 2. The van der Waals surface area contributed by atoms with E-state index in [0.29, 0.717) is 25.3 Å². The van der Waals surface area contributed by atoms with Crippen molar-refractivity contribution >= 4 is 28.5 Å². The first-order chi connectivity index (χ1) is 13.8. The molecule has 4 rings (SSSR count). The zero-order valence-electron chi connectivity index (χ0n) is 16.3. The third kappa shape index (κ3) is 3.13. The minimum Gasteiger partial charge on any atom is -0.477 e. The first-order valence-corrected chi connectivity index (χ1v) is 9.42. The van der Waals surface area contributed by atoms with Crippen molar-refractivity contribution in [2.24, 2.45) is 10.6 Å². The van der Waals surface area contributed by atoms with Gasteiger partial charge in [-0.25, -0.2) is 14.2 Å². The maximum atomic E-state index is 15.0. The number of carboxylic acids is 1. The van der Waals surface area contributed by atoms with Crippen molar-refractivity contribution in [1.82, 2.24) is 9.55 Å². The van der Waals surface area contributed by atoms with Crippen molar-refractivity contribution in [3.63, 3.8) is 0 Å². The standard InChI is InChI=1S/C19H22FN5O4/c1-19(8-21)9-24(7-14(19)23-29-2)17-13(20)5-11-15(26)12(18(27)28)6-25(10-3-4-10)16(11)22-17/h5-6,10H,3-4,7-9,21H2,1-2H3,(H,27,28)/p+1. The van der Waals surface area contributed by atoms with Gasteiger partial charge in [-0.3, -0.25) is 4.79 Å². The van der Waals surface area contributed by atoms with Gasteiger partial charge in [0.1, 0.15) is 18.3 Å². The van der Waals surface area contributed by atoms with Crippen molar-refractivity contribution in [3.8, 4) is 0 Å². The first-order valence-electron chi connectivity index (χ1n) is 9.42. The number of carboxylic acid groups (broad SMARTS) is 1. The number of aromatic carboxylic acids is 1. The zero-order valence-corrected chi connectivity index (χ0v) is 16.3. The van der Waals surface area contributed by atoms with Crippen LogP contribution in [-0.2, 0) is 4.84 Å². The normalized spacial score (nSPS) is 23.2. The predicted molar refractivity (Wildman–Crippen MR) is 104 cm³/mol. The summed E-state index contributed by atoms with van der Waals surface area (Å²) >= 11 is 0. The van der Waals surface area contributed by atoms with E-state index in [1.807, 2.05) is 6.92 Å². The summed E-state index contributed by atoms with van der Waals surface area (Å²) in [4.78, 5) is 35.2. The highest BCUT2D eigenvalue weighted by Gasteiger charge is 2.43. The van der Waals surface area contributed by atoms with Crippen LogP contribution in [0, 0.1) is 11.2 Å². The summed E-state index contributed by atoms with van der Waals surface area (Å²) < 4.78 is 16.7. The molecule has 1 unspecified atom stereocenters. The Morgan fingerprint density at radius 3 is 2.83 bits per heavy atom. The van der Waals surface area contributed by atoms with E-state index in [2.05, 4.69) is 15.9 Å². The fourth-order valence-electron chi connectivity index (χ4n) is 3.81. The summed E-state index contributed by atoms with van der Waals surface area (Å²) in [5.41, 5.74) is 3.53. The Bertz CT molecular complexity index is 1090. The van der Waals surface area contributed by atoms with E-state index < -0.39 is 17.2 Å². The number of quaternary nitrogens is 1. The molecule has 1 saturated carbocycles. The summed E-state index contributed by atoms with van der Waals surface area (Å²) in [5, 5.41) is 13.4. The van der Waals surface area contributed by atoms with Crippen LogP contribution in [0.4, 0.5) is 10.2 Å². The quantitative estimate of drug-likeness (QED) is 0.705. The van der Waals surface area contributed by atoms with E-state index in [1.54, 1.807) is 9.47 Å². The van der Waals surface area contributed by atoms with Gasteiger partial charge in [0.2, 0.25) is 5.43 Å². The van der Waals surface area contributed by atoms with E-state index in [-0.39, 0.29) is 28.2 Å². The molecule has 2 aromatic heterocycles. The highest BCUT2D eigenvalue weighted by molar-refractivity contribution is 5.97. The van der Waals surface area contributed by atoms with Crippen LogP contribution in [0.25, 0.3) is 11.0 Å². The van der Waals surface area contributed by atoms with Crippen molar-refractivity contribution in [1.29, 1.82) is 0 Å². The molecule has 2 aliphatic rings. The molecule has 1 atom stereocenters. The van der Waals surface area contributed by atoms with Gasteiger partial charge in [-0.05, 0) is 25.8 Å². The van der Waals surface area contributed by atoms with Gasteiger partial charge in [-0.1, -0.05) is 5.16 Å². The fraction of sp³-hybridized carbons (Fsp3) is 0.474. The monoisotopic (exact) mass is 404 g/mol. The lowest BCUT2D eigenvalue weighted by Crippen LogP contribution is -2.60. The van der Waals surface area contributed by atoms with E-state index in [9.17, 15) is 14.7 Å². The molecule has 0 amide bonds. The molecule has 4 N–H and O–H groups in total. The van der Waals surface area contributed by atoms with Gasteiger partial charge in [-0.15, -0.1) is 0 Å². The minimum absolute atomic E-state index is 0.0250. The molecule has 0 bridgehead atoms. The maximum Gasteiger partial charge on any atom is 0.341 e. The molecular formula is C19H23FN5O4+. The molecule has 154 valence electrons. The number of fused-ring (bicyclic) bond motifs is 1. The number of anilines is 1. The first kappa shape index (κ1) is 19.3. The number of carbonyl (C=O) groups is 1. The van der Waals surface area contributed by atoms with E-state index in [4.69, 9.17) is 4.84 Å². The van der Waals surface area contributed by atoms with Gasteiger partial charge in [0.25, 0.3) is 0 Å². The van der Waals surface area contributed by atoms with Gasteiger partial charge in [-0.2, -0.15) is 0 Å². The van der Waals surface area contributed by atoms with Gasteiger partial charge in [0.15, 0.2) is 11.6 Å². The molecule has 9 nitrogen and oxygen atoms in total. The molecule has 1 aliphatic carbocycles. The zero-order chi connectivity index (χ0) is 20.9. The Morgan fingerprint density at radius 2 is 2.24 bits per heavy atom. The lowest BCUT2D eigenvalue weighted by molar-refractivity contribution is -0.382. The van der Waals surface area contributed by atoms with E-state index in [1.165, 1.54) is 13.3 Å². The smallest absolute Gasteiger partial charge is 0.341 e. The summed E-state index contributed by atoms with van der Waals surface area (Å²) in [7, 11) is 1.46. The van der Waals surface area contributed by atoms with E-state index in [0.717, 1.165) is 24.6 Å². The SMILES string of the molecule is CON=C1CN(c2nc3c(cc2F)c(=O)c(C(=O)O)cn3C2CC2)CC1(C)C[NH3+]. The molecule has 0 spiro atoms. The number of hydrogen-bond acceptors (Lipinski definition) is 6. The van der Waals surface area contributed by atoms with Crippen LogP contribution in [0.1, 0.15) is 36.2 Å². The van der Waals surface area contributed by atoms with Crippen molar-refractivity contribution in [2.75, 3.05) is 31.6 Å². The molecule has 10 heteroatoms. The summed E-state index contributed by atoms with van der Waals surface area (Å²) in [6.07, 6.45) is 3.04. The predicted octanol–water partition coefficient (Wildman–Crippen LogP) is 0.639. The molecule has 2 aromatic rings. The molecule has 3 heterocycles. The molecule has 0 aromatic carbocycles. The van der Waals surface area contributed by atoms with Crippen LogP contribution in [-0.4, -0.2) is 53.1 Å². The van der Waals surface area contributed by atoms with Crippen molar-refractivity contribution in [3.05, 3.63) is 33.9 Å². The molecule has 1 saturated heterocycles. The van der Waals surface area contributed by atoms with Crippen LogP contribution < -0.4 is 16.1 Å². The molecule has 2 fully saturated rings. The van der Waals surface area contributed by atoms with Gasteiger partial charge in [0.05, 0.1) is 29.6 Å². The lowest BCUT2D eigenvalue weighted by Gasteiger charge is -2.22. The van der Waals surface area contributed by atoms with Crippen molar-refractivity contribution < 1.29 is 24.9 Å². The number of oxime groups is 1. The third-order valence-electron chi connectivity index (χ3n) is 5.74. The lowest BCUT2D eigenvalue weighted by atomic mass is 9.88. The van der Waals surface area contributed by atoms with Gasteiger partial charge >= 0.3 is 5.97 Å². The van der Waals surface area contributed by atoms with Crippen LogP contribution in [0.5, 0.6) is 0 Å². The number of hydrogen-bond donors (Lipinski definition) is 2. The largest absolute Gasteiger partial charge is 0.477 e. The average Bonchev–Trinajstić information content (AvgIpc) is 3.47. The summed E-state index contributed by atoms with van der Waals surface area (Å²) in [6, 6.07) is 1.16. The van der Waals surface area contributed by atoms with Gasteiger partial charge < -0.3 is 25.1 Å². The summed E-state index contributed by atoms with van der Waals surface area (Å²) in [5.74, 6) is -1.90. The molecule has 0 radical (unpaired) electrons. The van der Waals surface area contributed by atoms with Crippen molar-refractivity contribution in [2.45, 2.75) is 25.8 Å². The van der Waals surface area contributed by atoms with Crippen LogP contribution >= 0.6 is 0 Å². The Labute approximate surface area is 165 Å². The Balaban J connectivity index is 1.87. The topological polar surface area (TPSA) is 125 Å². The Kier molecular flexibility index (Phi) is 4.53. The second kappa shape index (κ2) is 6.80. The highest BCUT2D eigenvalue weighted by atomic mass is 19.1. The van der Waals surface area contributed by atoms with Gasteiger partial charge in [0, 0.05) is 18.8 Å². The second-order valence-corrected chi connectivity index (χ2v) is 7.87. The fourth-order valence-corrected chi connectivity index (χ4v) is 3.81. The average molecular weight is 404 g/mol. The number of nitrogens with zero attached hydrogens (tertiary/aromatic N) is 4. The molecule has 1 aliphatic heterocycles. The highest BCUT2D eigenvalue weighted by Crippen LogP contribution is 2.38. The summed E-state index contributed by atoms with van der Waals surface area (Å²) in [6.45, 7) is 3.32. The number of rotatable bonds is 5. The number of halogens is 1. The number of aromatic nitrogens is 2. The molecule has 29 heavy (non-hydrogen) atoms. The second-order valence-electron chi connectivity index (χ2n) is 7.87.